The smallest absolute Gasteiger partial charge is 0.407 e. The number of thioether (sulfide) groups is 1. The van der Waals surface area contributed by atoms with Crippen molar-refractivity contribution >= 4 is 41.1 Å². The van der Waals surface area contributed by atoms with E-state index in [1.807, 2.05) is 4.90 Å². The van der Waals surface area contributed by atoms with E-state index in [1.165, 1.54) is 13.1 Å². The molecule has 0 radical (unpaired) electrons. The Morgan fingerprint density at radius 1 is 1.06 bits per heavy atom. The monoisotopic (exact) mass is 671 g/mol. The van der Waals surface area contributed by atoms with E-state index >= 15 is 0 Å². The fourth-order valence-electron chi connectivity index (χ4n) is 5.86. The third kappa shape index (κ3) is 7.80. The molecule has 250 valence electrons. The number of piperidine rings is 1. The van der Waals surface area contributed by atoms with Gasteiger partial charge in [-0.3, -0.25) is 14.6 Å². The molecule has 0 bridgehead atoms. The summed E-state index contributed by atoms with van der Waals surface area (Å²) in [5, 5.41) is 5.73. The molecule has 14 heteroatoms. The predicted octanol–water partition coefficient (Wildman–Crippen LogP) is 6.58. The second-order valence-corrected chi connectivity index (χ2v) is 13.3. The lowest BCUT2D eigenvalue weighted by atomic mass is 10.0. The number of fused-ring (bicyclic) bond motifs is 1. The first-order valence-corrected chi connectivity index (χ1v) is 16.4. The number of nitrogens with one attached hydrogen (secondary N) is 2. The molecule has 10 nitrogen and oxygen atoms in total. The fraction of sp³-hybridized carbons (Fsp3) is 0.424. The number of aromatic nitrogens is 2. The van der Waals surface area contributed by atoms with Gasteiger partial charge in [-0.15, -0.1) is 11.8 Å². The largest absolute Gasteiger partial charge is 0.456 e. The molecule has 2 amide bonds. The van der Waals surface area contributed by atoms with Gasteiger partial charge in [0.15, 0.2) is 0 Å². The second-order valence-electron chi connectivity index (χ2n) is 12.4. The maximum absolute atomic E-state index is 14.9. The van der Waals surface area contributed by atoms with Crippen LogP contribution in [-0.4, -0.2) is 58.9 Å². The van der Waals surface area contributed by atoms with Crippen molar-refractivity contribution in [3.05, 3.63) is 64.9 Å². The Hall–Kier alpha value is -4.33. The number of rotatable bonds is 7. The first kappa shape index (κ1) is 34.0. The minimum atomic E-state index is -1.01. The number of anilines is 2. The zero-order valence-electron chi connectivity index (χ0n) is 26.7. The number of nitrogens with zero attached hydrogens (tertiary/aromatic N) is 3. The van der Waals surface area contributed by atoms with Crippen LogP contribution in [0.15, 0.2) is 35.4 Å². The number of amides is 2. The molecule has 3 heterocycles. The van der Waals surface area contributed by atoms with Crippen LogP contribution in [0.3, 0.4) is 0 Å². The lowest BCUT2D eigenvalue weighted by Gasteiger charge is -2.37. The molecule has 1 aromatic carbocycles. The second kappa shape index (κ2) is 13.8. The molecule has 5 rings (SSSR count). The lowest BCUT2D eigenvalue weighted by Crippen LogP contribution is -2.49. The van der Waals surface area contributed by atoms with Gasteiger partial charge < -0.3 is 25.0 Å². The van der Waals surface area contributed by atoms with Crippen molar-refractivity contribution in [3.63, 3.8) is 0 Å². The van der Waals surface area contributed by atoms with Crippen LogP contribution in [0.4, 0.5) is 29.3 Å². The molecule has 2 aromatic heterocycles. The highest BCUT2D eigenvalue weighted by atomic mass is 32.2. The van der Waals surface area contributed by atoms with Crippen molar-refractivity contribution in [3.8, 4) is 11.3 Å². The molecule has 3 aromatic rings. The van der Waals surface area contributed by atoms with E-state index < -0.39 is 58.4 Å². The number of alkyl carbamates (subject to hydrolysis) is 1. The lowest BCUT2D eigenvalue weighted by molar-refractivity contribution is -0.146. The number of ether oxygens (including phenoxy) is 2. The van der Waals surface area contributed by atoms with E-state index in [0.29, 0.717) is 60.7 Å². The topological polar surface area (TPSA) is 123 Å². The molecule has 1 unspecified atom stereocenters. The molecular formula is C33H36F3N5O5S. The average Bonchev–Trinajstić information content (AvgIpc) is 3.38. The van der Waals surface area contributed by atoms with Crippen LogP contribution in [-0.2, 0) is 20.7 Å². The van der Waals surface area contributed by atoms with Gasteiger partial charge in [0.2, 0.25) is 0 Å². The van der Waals surface area contributed by atoms with Crippen LogP contribution in [0.1, 0.15) is 74.8 Å². The third-order valence-electron chi connectivity index (χ3n) is 7.73. The molecule has 1 aliphatic carbocycles. The van der Waals surface area contributed by atoms with Crippen LogP contribution in [0, 0.1) is 17.5 Å². The van der Waals surface area contributed by atoms with Gasteiger partial charge in [0.1, 0.15) is 40.5 Å². The van der Waals surface area contributed by atoms with E-state index in [0.717, 1.165) is 41.6 Å². The van der Waals surface area contributed by atoms with Gasteiger partial charge in [-0.1, -0.05) is 0 Å². The summed E-state index contributed by atoms with van der Waals surface area (Å²) >= 11 is 1.12. The van der Waals surface area contributed by atoms with Crippen molar-refractivity contribution in [1.82, 2.24) is 15.3 Å². The summed E-state index contributed by atoms with van der Waals surface area (Å²) in [6.45, 7) is 7.64. The van der Waals surface area contributed by atoms with Crippen molar-refractivity contribution in [2.24, 2.45) is 0 Å². The van der Waals surface area contributed by atoms with Crippen LogP contribution >= 0.6 is 11.8 Å². The molecule has 1 aliphatic heterocycles. The van der Waals surface area contributed by atoms with Crippen molar-refractivity contribution < 1.29 is 37.0 Å². The standard InChI is InChI=1S/C33H36F3N5O5S/c1-17(42)45-26-11-8-20-28(26)37-15-25(30(20)41-12-6-7-18(16-41)38-32(44)46-33(2,3)4)40-31(43)24-10-9-21(34)29(39-24)27-22(35)13-19(47-5)14-23(27)36/h9-10,13-15,18,26H,6-8,11-12,16H2,1-5H3,(H,38,44)(H,40,43)/t18-,26?/m0/s1. The van der Waals surface area contributed by atoms with E-state index in [1.54, 1.807) is 27.0 Å². The van der Waals surface area contributed by atoms with Gasteiger partial charge in [0.25, 0.3) is 5.91 Å². The van der Waals surface area contributed by atoms with Gasteiger partial charge in [-0.2, -0.15) is 0 Å². The molecular weight excluding hydrogens is 635 g/mol. The maximum atomic E-state index is 14.9. The summed E-state index contributed by atoms with van der Waals surface area (Å²) in [5.41, 5.74) is 0.0334. The number of benzene rings is 1. The van der Waals surface area contributed by atoms with Gasteiger partial charge in [-0.05, 0) is 77.0 Å². The SMILES string of the molecule is CSc1cc(F)c(-c2nc(C(=O)Nc3cnc4c(c3N3CCC[C@H](NC(=O)OC(C)(C)C)C3)CCC4OC(C)=O)ccc2F)c(F)c1. The summed E-state index contributed by atoms with van der Waals surface area (Å²) in [4.78, 5) is 48.8. The van der Waals surface area contributed by atoms with E-state index in [4.69, 9.17) is 9.47 Å². The molecule has 0 spiro atoms. The fourth-order valence-corrected chi connectivity index (χ4v) is 6.30. The molecule has 1 saturated heterocycles. The highest BCUT2D eigenvalue weighted by Crippen LogP contribution is 2.43. The zero-order valence-corrected chi connectivity index (χ0v) is 27.5. The summed E-state index contributed by atoms with van der Waals surface area (Å²) in [7, 11) is 0. The Labute approximate surface area is 274 Å². The Morgan fingerprint density at radius 2 is 1.79 bits per heavy atom. The molecule has 2 aliphatic rings. The Balaban J connectivity index is 1.48. The normalized spacial score (nSPS) is 17.6. The first-order valence-electron chi connectivity index (χ1n) is 15.2. The Kier molecular flexibility index (Phi) is 9.99. The number of halogens is 3. The maximum Gasteiger partial charge on any atom is 0.407 e. The van der Waals surface area contributed by atoms with E-state index in [2.05, 4.69) is 20.6 Å². The summed E-state index contributed by atoms with van der Waals surface area (Å²) in [6, 6.07) is 3.94. The minimum absolute atomic E-state index is 0.264. The molecule has 47 heavy (non-hydrogen) atoms. The van der Waals surface area contributed by atoms with Crippen molar-refractivity contribution in [2.45, 2.75) is 76.0 Å². The minimum Gasteiger partial charge on any atom is -0.456 e. The summed E-state index contributed by atoms with van der Waals surface area (Å²) in [5.74, 6) is -4.22. The number of carbonyl (C=O) groups is 3. The molecule has 2 atom stereocenters. The van der Waals surface area contributed by atoms with E-state index in [9.17, 15) is 27.6 Å². The summed E-state index contributed by atoms with van der Waals surface area (Å²) < 4.78 is 55.6. The van der Waals surface area contributed by atoms with Crippen LogP contribution in [0.5, 0.6) is 0 Å². The van der Waals surface area contributed by atoms with Crippen molar-refractivity contribution in [1.29, 1.82) is 0 Å². The van der Waals surface area contributed by atoms with Crippen LogP contribution < -0.4 is 15.5 Å². The molecule has 2 N–H and O–H groups in total. The van der Waals surface area contributed by atoms with Crippen LogP contribution in [0.25, 0.3) is 11.3 Å². The van der Waals surface area contributed by atoms with Gasteiger partial charge in [-0.25, -0.2) is 22.9 Å². The van der Waals surface area contributed by atoms with Crippen molar-refractivity contribution in [2.75, 3.05) is 29.6 Å². The van der Waals surface area contributed by atoms with E-state index in [-0.39, 0.29) is 11.7 Å². The average molecular weight is 672 g/mol. The molecule has 1 fully saturated rings. The highest BCUT2D eigenvalue weighted by molar-refractivity contribution is 7.98. The summed E-state index contributed by atoms with van der Waals surface area (Å²) in [6.07, 6.45) is 4.42. The number of esters is 1. The molecule has 0 saturated carbocycles. The van der Waals surface area contributed by atoms with Gasteiger partial charge in [0.05, 0.1) is 28.8 Å². The predicted molar refractivity (Wildman–Crippen MR) is 171 cm³/mol. The number of pyridine rings is 2. The Bertz CT molecular complexity index is 1690. The Morgan fingerprint density at radius 3 is 2.45 bits per heavy atom. The van der Waals surface area contributed by atoms with Gasteiger partial charge in [0, 0.05) is 36.5 Å². The van der Waals surface area contributed by atoms with Crippen LogP contribution in [0.2, 0.25) is 0 Å². The van der Waals surface area contributed by atoms with Gasteiger partial charge >= 0.3 is 12.1 Å². The zero-order chi connectivity index (χ0) is 34.0. The third-order valence-corrected chi connectivity index (χ3v) is 8.43. The number of hydrogen-bond donors (Lipinski definition) is 2. The number of hydrogen-bond acceptors (Lipinski definition) is 9. The number of carbonyl (C=O) groups excluding carboxylic acids is 3. The highest BCUT2D eigenvalue weighted by Gasteiger charge is 2.34. The quantitative estimate of drug-likeness (QED) is 0.212. The first-order chi connectivity index (χ1) is 22.2.